The Hall–Kier alpha value is -2.21. The van der Waals surface area contributed by atoms with Crippen LogP contribution < -0.4 is 10.1 Å². The van der Waals surface area contributed by atoms with Crippen LogP contribution in [0.15, 0.2) is 30.5 Å². The Labute approximate surface area is 115 Å². The molecular formula is C14H15N3O3. The van der Waals surface area contributed by atoms with Crippen molar-refractivity contribution < 1.29 is 9.66 Å². The monoisotopic (exact) mass is 273 g/mol. The van der Waals surface area contributed by atoms with E-state index in [1.165, 1.54) is 6.20 Å². The van der Waals surface area contributed by atoms with Crippen LogP contribution in [0.1, 0.15) is 12.8 Å². The molecule has 0 saturated carbocycles. The summed E-state index contributed by atoms with van der Waals surface area (Å²) in [6, 6.07) is 7.32. The molecule has 0 spiro atoms. The van der Waals surface area contributed by atoms with Gasteiger partial charge in [0.2, 0.25) is 5.75 Å². The molecule has 104 valence electrons. The van der Waals surface area contributed by atoms with Crippen LogP contribution in [0.2, 0.25) is 0 Å². The van der Waals surface area contributed by atoms with Gasteiger partial charge in [0.1, 0.15) is 12.3 Å². The fourth-order valence-electron chi connectivity index (χ4n) is 2.45. The third kappa shape index (κ3) is 2.42. The van der Waals surface area contributed by atoms with Crippen molar-refractivity contribution in [3.63, 3.8) is 0 Å². The molecule has 1 fully saturated rings. The van der Waals surface area contributed by atoms with Gasteiger partial charge in [0.15, 0.2) is 0 Å². The smallest absolute Gasteiger partial charge is 0.329 e. The Bertz CT molecular complexity index is 639. The first kappa shape index (κ1) is 12.8. The molecule has 2 heterocycles. The molecule has 20 heavy (non-hydrogen) atoms. The lowest BCUT2D eigenvalue weighted by Gasteiger charge is -2.24. The lowest BCUT2D eigenvalue weighted by molar-refractivity contribution is -0.386. The van der Waals surface area contributed by atoms with Crippen LogP contribution in [0.3, 0.4) is 0 Å². The molecule has 1 aromatic carbocycles. The minimum atomic E-state index is -0.439. The second-order valence-corrected chi connectivity index (χ2v) is 4.83. The summed E-state index contributed by atoms with van der Waals surface area (Å²) in [5.41, 5.74) is 0.631. The number of ether oxygens (including phenoxy) is 1. The highest BCUT2D eigenvalue weighted by atomic mass is 16.6. The van der Waals surface area contributed by atoms with Gasteiger partial charge in [0.05, 0.1) is 10.4 Å². The largest absolute Gasteiger partial charge is 0.482 e. The third-order valence-electron chi connectivity index (χ3n) is 3.44. The second kappa shape index (κ2) is 5.42. The standard InChI is InChI=1S/C14H15N3O3/c18-17(19)13-9-16-12-6-2-1-5-11(12)14(13)20-10-4-3-7-15-8-10/h1-2,5-6,9-10,15H,3-4,7-8H2/t10-/m0/s1. The maximum absolute atomic E-state index is 11.2. The first-order valence-electron chi connectivity index (χ1n) is 6.65. The summed E-state index contributed by atoms with van der Waals surface area (Å²) in [6.07, 6.45) is 3.16. The molecule has 1 saturated heterocycles. The van der Waals surface area contributed by atoms with Crippen LogP contribution in [0.4, 0.5) is 5.69 Å². The van der Waals surface area contributed by atoms with Gasteiger partial charge in [0.25, 0.3) is 0 Å². The number of hydrogen-bond donors (Lipinski definition) is 1. The maximum Gasteiger partial charge on any atom is 0.329 e. The number of rotatable bonds is 3. The van der Waals surface area contributed by atoms with Crippen molar-refractivity contribution in [2.24, 2.45) is 0 Å². The van der Waals surface area contributed by atoms with Crippen molar-refractivity contribution in [2.75, 3.05) is 13.1 Å². The zero-order chi connectivity index (χ0) is 13.9. The van der Waals surface area contributed by atoms with E-state index in [0.29, 0.717) is 23.2 Å². The van der Waals surface area contributed by atoms with E-state index in [1.807, 2.05) is 18.2 Å². The summed E-state index contributed by atoms with van der Waals surface area (Å²) in [6.45, 7) is 1.69. The molecule has 0 amide bonds. The Morgan fingerprint density at radius 1 is 1.40 bits per heavy atom. The Morgan fingerprint density at radius 2 is 2.25 bits per heavy atom. The number of aromatic nitrogens is 1. The van der Waals surface area contributed by atoms with E-state index in [1.54, 1.807) is 6.07 Å². The van der Waals surface area contributed by atoms with Crippen LogP contribution in [-0.4, -0.2) is 29.1 Å². The highest BCUT2D eigenvalue weighted by Gasteiger charge is 2.23. The van der Waals surface area contributed by atoms with E-state index in [9.17, 15) is 10.1 Å². The number of piperidine rings is 1. The number of benzene rings is 1. The van der Waals surface area contributed by atoms with E-state index in [-0.39, 0.29) is 11.8 Å². The fraction of sp³-hybridized carbons (Fsp3) is 0.357. The topological polar surface area (TPSA) is 77.3 Å². The first-order valence-corrected chi connectivity index (χ1v) is 6.65. The minimum absolute atomic E-state index is 0.0340. The molecule has 0 unspecified atom stereocenters. The lowest BCUT2D eigenvalue weighted by Crippen LogP contribution is -2.37. The highest BCUT2D eigenvalue weighted by Crippen LogP contribution is 2.35. The number of nitro groups is 1. The van der Waals surface area contributed by atoms with Crippen molar-refractivity contribution in [1.29, 1.82) is 0 Å². The van der Waals surface area contributed by atoms with Gasteiger partial charge in [-0.2, -0.15) is 0 Å². The predicted octanol–water partition coefficient (Wildman–Crippen LogP) is 2.27. The second-order valence-electron chi connectivity index (χ2n) is 4.83. The number of hydrogen-bond acceptors (Lipinski definition) is 5. The molecule has 0 aliphatic carbocycles. The average Bonchev–Trinajstić information content (AvgIpc) is 2.48. The normalized spacial score (nSPS) is 18.9. The van der Waals surface area contributed by atoms with Gasteiger partial charge in [-0.25, -0.2) is 4.98 Å². The van der Waals surface area contributed by atoms with E-state index in [2.05, 4.69) is 10.3 Å². The SMILES string of the molecule is O=[N+]([O-])c1cnc2ccccc2c1O[C@H]1CCCNC1. The highest BCUT2D eigenvalue weighted by molar-refractivity contribution is 5.88. The van der Waals surface area contributed by atoms with Crippen LogP contribution in [0, 0.1) is 10.1 Å². The van der Waals surface area contributed by atoms with Gasteiger partial charge in [-0.15, -0.1) is 0 Å². The van der Waals surface area contributed by atoms with Gasteiger partial charge < -0.3 is 10.1 Å². The van der Waals surface area contributed by atoms with Gasteiger partial charge in [-0.05, 0) is 31.5 Å². The molecule has 1 aliphatic rings. The zero-order valence-electron chi connectivity index (χ0n) is 10.9. The molecule has 6 heteroatoms. The fourth-order valence-corrected chi connectivity index (χ4v) is 2.45. The van der Waals surface area contributed by atoms with E-state index in [4.69, 9.17) is 4.74 Å². The van der Waals surface area contributed by atoms with Gasteiger partial charge in [-0.1, -0.05) is 12.1 Å². The molecule has 0 bridgehead atoms. The van der Waals surface area contributed by atoms with Crippen molar-refractivity contribution >= 4 is 16.6 Å². The van der Waals surface area contributed by atoms with Gasteiger partial charge in [-0.3, -0.25) is 10.1 Å². The Balaban J connectivity index is 2.04. The lowest BCUT2D eigenvalue weighted by atomic mass is 10.1. The van der Waals surface area contributed by atoms with E-state index in [0.717, 1.165) is 19.4 Å². The number of pyridine rings is 1. The molecule has 0 radical (unpaired) electrons. The van der Waals surface area contributed by atoms with Crippen LogP contribution in [-0.2, 0) is 0 Å². The number of nitrogens with zero attached hydrogens (tertiary/aromatic N) is 2. The van der Waals surface area contributed by atoms with E-state index >= 15 is 0 Å². The molecule has 1 atom stereocenters. The van der Waals surface area contributed by atoms with Gasteiger partial charge >= 0.3 is 5.69 Å². The number of fused-ring (bicyclic) bond motifs is 1. The molecule has 6 nitrogen and oxygen atoms in total. The number of nitrogens with one attached hydrogen (secondary N) is 1. The summed E-state index contributed by atoms with van der Waals surface area (Å²) < 4.78 is 5.92. The molecule has 3 rings (SSSR count). The molecule has 2 aromatic rings. The molecular weight excluding hydrogens is 258 g/mol. The quantitative estimate of drug-likeness (QED) is 0.685. The van der Waals surface area contributed by atoms with Crippen molar-refractivity contribution in [3.8, 4) is 5.75 Å². The van der Waals surface area contributed by atoms with Crippen molar-refractivity contribution in [2.45, 2.75) is 18.9 Å². The molecule has 1 aromatic heterocycles. The van der Waals surface area contributed by atoms with Crippen LogP contribution >= 0.6 is 0 Å². The zero-order valence-corrected chi connectivity index (χ0v) is 10.9. The first-order chi connectivity index (χ1) is 9.75. The minimum Gasteiger partial charge on any atom is -0.482 e. The average molecular weight is 273 g/mol. The van der Waals surface area contributed by atoms with Gasteiger partial charge in [0, 0.05) is 11.9 Å². The van der Waals surface area contributed by atoms with Crippen molar-refractivity contribution in [3.05, 3.63) is 40.6 Å². The molecule has 1 N–H and O–H groups in total. The maximum atomic E-state index is 11.2. The predicted molar refractivity (Wildman–Crippen MR) is 74.9 cm³/mol. The molecule has 1 aliphatic heterocycles. The van der Waals surface area contributed by atoms with Crippen LogP contribution in [0.5, 0.6) is 5.75 Å². The Morgan fingerprint density at radius 3 is 3.00 bits per heavy atom. The van der Waals surface area contributed by atoms with E-state index < -0.39 is 4.92 Å². The summed E-state index contributed by atoms with van der Waals surface area (Å²) in [7, 11) is 0. The summed E-state index contributed by atoms with van der Waals surface area (Å²) in [4.78, 5) is 14.9. The van der Waals surface area contributed by atoms with Crippen molar-refractivity contribution in [1.82, 2.24) is 10.3 Å². The Kier molecular flexibility index (Phi) is 3.47. The summed E-state index contributed by atoms with van der Waals surface area (Å²) >= 11 is 0. The summed E-state index contributed by atoms with van der Waals surface area (Å²) in [5, 5.41) is 15.1. The summed E-state index contributed by atoms with van der Waals surface area (Å²) in [5.74, 6) is 0.328. The van der Waals surface area contributed by atoms with Crippen LogP contribution in [0.25, 0.3) is 10.9 Å². The number of para-hydroxylation sites is 1. The third-order valence-corrected chi connectivity index (χ3v) is 3.44.